The topological polar surface area (TPSA) is 69.3 Å². The number of nitrogens with one attached hydrogen (secondary N) is 1. The maximum Gasteiger partial charge on any atom is 0.406 e. The van der Waals surface area contributed by atoms with Crippen molar-refractivity contribution < 1.29 is 23.7 Å². The molecule has 19 heavy (non-hydrogen) atoms. The molecule has 0 bridgehead atoms. The summed E-state index contributed by atoms with van der Waals surface area (Å²) in [6, 6.07) is 7.28. The van der Waals surface area contributed by atoms with Gasteiger partial charge in [-0.25, -0.2) is 4.79 Å². The Bertz CT molecular complexity index is 402. The predicted molar refractivity (Wildman–Crippen MR) is 67.6 cm³/mol. The second-order valence-corrected chi connectivity index (χ2v) is 3.97. The largest absolute Gasteiger partial charge is 0.491 e. The van der Waals surface area contributed by atoms with Gasteiger partial charge in [0.2, 0.25) is 0 Å². The minimum absolute atomic E-state index is 0.205. The Labute approximate surface area is 111 Å². The SMILES string of the molecule is CNC(=O)OCCOc1ccc(OCC2CO2)cc1. The smallest absolute Gasteiger partial charge is 0.406 e. The molecular formula is C13H17NO5. The Balaban J connectivity index is 1.64. The van der Waals surface area contributed by atoms with Gasteiger partial charge in [0.1, 0.15) is 37.4 Å². The van der Waals surface area contributed by atoms with Crippen molar-refractivity contribution in [2.24, 2.45) is 0 Å². The zero-order valence-corrected chi connectivity index (χ0v) is 10.8. The molecule has 6 heteroatoms. The van der Waals surface area contributed by atoms with E-state index in [4.69, 9.17) is 18.9 Å². The average molecular weight is 267 g/mol. The molecule has 2 rings (SSSR count). The molecule has 0 radical (unpaired) electrons. The summed E-state index contributed by atoms with van der Waals surface area (Å²) >= 11 is 0. The highest BCUT2D eigenvalue weighted by Crippen LogP contribution is 2.19. The fraction of sp³-hybridized carbons (Fsp3) is 0.462. The fourth-order valence-corrected chi connectivity index (χ4v) is 1.35. The summed E-state index contributed by atoms with van der Waals surface area (Å²) in [5.41, 5.74) is 0. The van der Waals surface area contributed by atoms with Gasteiger partial charge < -0.3 is 24.3 Å². The third kappa shape index (κ3) is 5.05. The number of hydrogen-bond acceptors (Lipinski definition) is 5. The zero-order chi connectivity index (χ0) is 13.5. The number of benzene rings is 1. The molecule has 1 unspecified atom stereocenters. The lowest BCUT2D eigenvalue weighted by molar-refractivity contribution is 0.127. The highest BCUT2D eigenvalue weighted by atomic mass is 16.6. The monoisotopic (exact) mass is 267 g/mol. The van der Waals surface area contributed by atoms with Crippen molar-refractivity contribution in [3.63, 3.8) is 0 Å². The van der Waals surface area contributed by atoms with Crippen LogP contribution in [0.4, 0.5) is 4.79 Å². The van der Waals surface area contributed by atoms with Gasteiger partial charge in [0.15, 0.2) is 0 Å². The second-order valence-electron chi connectivity index (χ2n) is 3.97. The standard InChI is InChI=1S/C13H17NO5/c1-14-13(15)17-7-6-16-10-2-4-11(5-3-10)18-8-12-9-19-12/h2-5,12H,6-9H2,1H3,(H,14,15). The summed E-state index contributed by atoms with van der Waals surface area (Å²) in [4.78, 5) is 10.8. The number of hydrogen-bond donors (Lipinski definition) is 1. The number of alkyl carbamates (subject to hydrolysis) is 1. The van der Waals surface area contributed by atoms with Crippen LogP contribution in [-0.4, -0.2) is 45.7 Å². The lowest BCUT2D eigenvalue weighted by Gasteiger charge is -2.08. The van der Waals surface area contributed by atoms with Crippen molar-refractivity contribution in [3.05, 3.63) is 24.3 Å². The number of carbonyl (C=O) groups is 1. The second kappa shape index (κ2) is 6.84. The highest BCUT2D eigenvalue weighted by molar-refractivity contribution is 5.66. The molecule has 1 fully saturated rings. The van der Waals surface area contributed by atoms with Gasteiger partial charge in [-0.2, -0.15) is 0 Å². The number of ether oxygens (including phenoxy) is 4. The molecule has 1 aliphatic heterocycles. The summed E-state index contributed by atoms with van der Waals surface area (Å²) in [6.07, 6.45) is -0.215. The van der Waals surface area contributed by atoms with Gasteiger partial charge in [-0.05, 0) is 24.3 Å². The van der Waals surface area contributed by atoms with Crippen LogP contribution >= 0.6 is 0 Å². The van der Waals surface area contributed by atoms with Gasteiger partial charge in [-0.1, -0.05) is 0 Å². The van der Waals surface area contributed by atoms with Crippen LogP contribution in [0.3, 0.4) is 0 Å². The maximum absolute atomic E-state index is 10.8. The van der Waals surface area contributed by atoms with Crippen LogP contribution in [0.2, 0.25) is 0 Å². The summed E-state index contributed by atoms with van der Waals surface area (Å²) in [5, 5.41) is 2.36. The molecule has 6 nitrogen and oxygen atoms in total. The first-order chi connectivity index (χ1) is 9.28. The molecule has 0 spiro atoms. The van der Waals surface area contributed by atoms with Gasteiger partial charge in [0, 0.05) is 7.05 Å². The van der Waals surface area contributed by atoms with Gasteiger partial charge in [-0.15, -0.1) is 0 Å². The molecule has 1 aliphatic rings. The summed E-state index contributed by atoms with van der Waals surface area (Å²) in [7, 11) is 1.51. The molecule has 1 atom stereocenters. The first-order valence-electron chi connectivity index (χ1n) is 6.09. The molecule has 1 saturated heterocycles. The van der Waals surface area contributed by atoms with E-state index in [1.54, 1.807) is 0 Å². The van der Waals surface area contributed by atoms with Crippen molar-refractivity contribution >= 4 is 6.09 Å². The molecule has 104 valence electrons. The lowest BCUT2D eigenvalue weighted by Crippen LogP contribution is -2.21. The fourth-order valence-electron chi connectivity index (χ4n) is 1.35. The third-order valence-corrected chi connectivity index (χ3v) is 2.45. The summed E-state index contributed by atoms with van der Waals surface area (Å²) in [5.74, 6) is 1.49. The molecule has 1 amide bonds. The zero-order valence-electron chi connectivity index (χ0n) is 10.8. The Hall–Kier alpha value is -1.95. The van der Waals surface area contributed by atoms with Crippen molar-refractivity contribution in [2.75, 3.05) is 33.5 Å². The van der Waals surface area contributed by atoms with Gasteiger partial charge in [0.05, 0.1) is 6.61 Å². The first kappa shape index (κ1) is 13.5. The van der Waals surface area contributed by atoms with E-state index in [1.165, 1.54) is 7.05 Å². The Kier molecular flexibility index (Phi) is 4.85. The van der Waals surface area contributed by atoms with Crippen molar-refractivity contribution in [3.8, 4) is 11.5 Å². The van der Waals surface area contributed by atoms with Gasteiger partial charge in [0.25, 0.3) is 0 Å². The van der Waals surface area contributed by atoms with E-state index < -0.39 is 6.09 Å². The number of epoxide rings is 1. The van der Waals surface area contributed by atoms with Crippen molar-refractivity contribution in [2.45, 2.75) is 6.10 Å². The first-order valence-corrected chi connectivity index (χ1v) is 6.09. The van der Waals surface area contributed by atoms with Crippen LogP contribution in [0, 0.1) is 0 Å². The van der Waals surface area contributed by atoms with E-state index >= 15 is 0 Å². The number of amides is 1. The van der Waals surface area contributed by atoms with E-state index in [9.17, 15) is 4.79 Å². The molecule has 0 saturated carbocycles. The predicted octanol–water partition coefficient (Wildman–Crippen LogP) is 1.20. The number of carbonyl (C=O) groups excluding carboxylic acids is 1. The third-order valence-electron chi connectivity index (χ3n) is 2.45. The highest BCUT2D eigenvalue weighted by Gasteiger charge is 2.22. The van der Waals surface area contributed by atoms with E-state index in [0.717, 1.165) is 12.4 Å². The normalized spacial score (nSPS) is 16.6. The average Bonchev–Trinajstić information content (AvgIpc) is 3.26. The maximum atomic E-state index is 10.8. The minimum Gasteiger partial charge on any atom is -0.491 e. The van der Waals surface area contributed by atoms with E-state index in [-0.39, 0.29) is 12.7 Å². The van der Waals surface area contributed by atoms with Crippen LogP contribution < -0.4 is 14.8 Å². The minimum atomic E-state index is -0.463. The summed E-state index contributed by atoms with van der Waals surface area (Å²) in [6.45, 7) is 1.88. The molecule has 0 aromatic heterocycles. The molecular weight excluding hydrogens is 250 g/mol. The quantitative estimate of drug-likeness (QED) is 0.594. The van der Waals surface area contributed by atoms with Gasteiger partial charge in [-0.3, -0.25) is 0 Å². The van der Waals surface area contributed by atoms with E-state index in [0.29, 0.717) is 19.0 Å². The Morgan fingerprint density at radius 1 is 1.26 bits per heavy atom. The molecule has 1 aromatic carbocycles. The van der Waals surface area contributed by atoms with Gasteiger partial charge >= 0.3 is 6.09 Å². The Morgan fingerprint density at radius 2 is 1.89 bits per heavy atom. The van der Waals surface area contributed by atoms with Crippen molar-refractivity contribution in [1.82, 2.24) is 5.32 Å². The molecule has 0 aliphatic carbocycles. The van der Waals surface area contributed by atoms with Crippen LogP contribution in [0.1, 0.15) is 0 Å². The molecule has 1 aromatic rings. The Morgan fingerprint density at radius 3 is 2.47 bits per heavy atom. The van der Waals surface area contributed by atoms with Crippen molar-refractivity contribution in [1.29, 1.82) is 0 Å². The van der Waals surface area contributed by atoms with Crippen LogP contribution in [0.25, 0.3) is 0 Å². The van der Waals surface area contributed by atoms with E-state index in [2.05, 4.69) is 5.32 Å². The summed E-state index contributed by atoms with van der Waals surface area (Å²) < 4.78 is 20.8. The van der Waals surface area contributed by atoms with Crippen LogP contribution in [0.5, 0.6) is 11.5 Å². The molecule has 1 heterocycles. The lowest BCUT2D eigenvalue weighted by atomic mass is 10.3. The number of rotatable bonds is 7. The van der Waals surface area contributed by atoms with Crippen LogP contribution in [0.15, 0.2) is 24.3 Å². The molecule has 1 N–H and O–H groups in total. The van der Waals surface area contributed by atoms with Crippen LogP contribution in [-0.2, 0) is 9.47 Å². The van der Waals surface area contributed by atoms with E-state index in [1.807, 2.05) is 24.3 Å².